The van der Waals surface area contributed by atoms with Gasteiger partial charge < -0.3 is 4.90 Å². The van der Waals surface area contributed by atoms with E-state index in [-0.39, 0.29) is 5.91 Å². The van der Waals surface area contributed by atoms with E-state index in [9.17, 15) is 4.79 Å². The summed E-state index contributed by atoms with van der Waals surface area (Å²) < 4.78 is 0. The summed E-state index contributed by atoms with van der Waals surface area (Å²) in [6, 6.07) is 5.48. The fraction of sp³-hybridized carbons (Fsp3) is 0.462. The second-order valence-corrected chi connectivity index (χ2v) is 5.77. The molecule has 4 rings (SSSR count). The van der Waals surface area contributed by atoms with E-state index in [0.29, 0.717) is 11.0 Å². The number of carbonyl (C=O) groups excluding carboxylic acids is 1. The number of aromatic nitrogens is 3. The van der Waals surface area contributed by atoms with Gasteiger partial charge in [-0.1, -0.05) is 6.92 Å². The Balaban J connectivity index is 1.64. The van der Waals surface area contributed by atoms with Crippen LogP contribution < -0.4 is 0 Å². The molecule has 0 radical (unpaired) electrons. The van der Waals surface area contributed by atoms with Gasteiger partial charge in [-0.3, -0.25) is 4.79 Å². The molecule has 2 unspecified atom stereocenters. The molecular weight excluding hydrogens is 228 g/mol. The van der Waals surface area contributed by atoms with E-state index >= 15 is 0 Å². The summed E-state index contributed by atoms with van der Waals surface area (Å²) in [4.78, 5) is 14.4. The standard InChI is InChI=1S/C13H14N4O/c1-13-5-9(13)6-17(7-13)12(18)8-2-3-10-11(4-8)15-16-14-10/h2-4,9H,5-7H2,1H3,(H,14,15,16). The molecule has 0 bridgehead atoms. The minimum atomic E-state index is 0.119. The third-order valence-electron chi connectivity index (χ3n) is 4.38. The summed E-state index contributed by atoms with van der Waals surface area (Å²) in [5, 5.41) is 10.6. The van der Waals surface area contributed by atoms with Crippen molar-refractivity contribution in [2.45, 2.75) is 13.3 Å². The lowest BCUT2D eigenvalue weighted by atomic mass is 10.1. The smallest absolute Gasteiger partial charge is 0.253 e. The van der Waals surface area contributed by atoms with E-state index in [2.05, 4.69) is 22.3 Å². The molecule has 2 heterocycles. The lowest BCUT2D eigenvalue weighted by Crippen LogP contribution is -2.31. The minimum absolute atomic E-state index is 0.119. The number of hydrogen-bond donors (Lipinski definition) is 1. The lowest BCUT2D eigenvalue weighted by Gasteiger charge is -2.19. The first kappa shape index (κ1) is 10.1. The molecule has 1 saturated carbocycles. The fourth-order valence-corrected chi connectivity index (χ4v) is 3.06. The van der Waals surface area contributed by atoms with Gasteiger partial charge in [-0.05, 0) is 36.0 Å². The van der Waals surface area contributed by atoms with Crippen LogP contribution in [0.3, 0.4) is 0 Å². The molecule has 0 spiro atoms. The number of carbonyl (C=O) groups is 1. The molecule has 92 valence electrons. The van der Waals surface area contributed by atoms with Gasteiger partial charge >= 0.3 is 0 Å². The van der Waals surface area contributed by atoms with Crippen molar-refractivity contribution < 1.29 is 4.79 Å². The zero-order valence-electron chi connectivity index (χ0n) is 10.2. The fourth-order valence-electron chi connectivity index (χ4n) is 3.06. The summed E-state index contributed by atoms with van der Waals surface area (Å²) in [7, 11) is 0. The SMILES string of the molecule is CC12CC1CN(C(=O)c1ccc3n[nH]nc3c1)C2. The number of nitrogens with zero attached hydrogens (tertiary/aromatic N) is 3. The Bertz CT molecular complexity index is 649. The monoisotopic (exact) mass is 242 g/mol. The molecule has 1 amide bonds. The molecule has 18 heavy (non-hydrogen) atoms. The number of aromatic amines is 1. The maximum Gasteiger partial charge on any atom is 0.253 e. The van der Waals surface area contributed by atoms with E-state index in [0.717, 1.165) is 30.0 Å². The highest BCUT2D eigenvalue weighted by Gasteiger charge is 2.57. The van der Waals surface area contributed by atoms with Crippen molar-refractivity contribution in [1.29, 1.82) is 0 Å². The number of likely N-dealkylation sites (tertiary alicyclic amines) is 1. The molecule has 2 fully saturated rings. The molecule has 5 nitrogen and oxygen atoms in total. The maximum absolute atomic E-state index is 12.4. The molecule has 1 N–H and O–H groups in total. The van der Waals surface area contributed by atoms with Gasteiger partial charge in [0.2, 0.25) is 0 Å². The van der Waals surface area contributed by atoms with Crippen LogP contribution in [0.2, 0.25) is 0 Å². The van der Waals surface area contributed by atoms with Crippen LogP contribution in [0.1, 0.15) is 23.7 Å². The van der Waals surface area contributed by atoms with Crippen LogP contribution in [-0.4, -0.2) is 39.3 Å². The van der Waals surface area contributed by atoms with E-state index in [1.807, 2.05) is 23.1 Å². The molecule has 5 heteroatoms. The largest absolute Gasteiger partial charge is 0.338 e. The van der Waals surface area contributed by atoms with Crippen LogP contribution in [0.4, 0.5) is 0 Å². The highest BCUT2D eigenvalue weighted by molar-refractivity contribution is 5.97. The number of nitrogens with one attached hydrogen (secondary N) is 1. The zero-order valence-corrected chi connectivity index (χ0v) is 10.2. The zero-order chi connectivity index (χ0) is 12.3. The van der Waals surface area contributed by atoms with Crippen LogP contribution in [0.25, 0.3) is 11.0 Å². The van der Waals surface area contributed by atoms with Gasteiger partial charge in [0.15, 0.2) is 0 Å². The van der Waals surface area contributed by atoms with Crippen LogP contribution in [0.15, 0.2) is 18.2 Å². The normalized spacial score (nSPS) is 29.6. The van der Waals surface area contributed by atoms with E-state index in [1.54, 1.807) is 0 Å². The predicted octanol–water partition coefficient (Wildman–Crippen LogP) is 1.44. The second-order valence-electron chi connectivity index (χ2n) is 5.77. The molecule has 2 aromatic rings. The Morgan fingerprint density at radius 2 is 2.28 bits per heavy atom. The summed E-state index contributed by atoms with van der Waals surface area (Å²) in [5.41, 5.74) is 2.65. The second kappa shape index (κ2) is 3.10. The number of hydrogen-bond acceptors (Lipinski definition) is 3. The van der Waals surface area contributed by atoms with Gasteiger partial charge in [-0.2, -0.15) is 15.4 Å². The van der Waals surface area contributed by atoms with Crippen LogP contribution in [-0.2, 0) is 0 Å². The highest BCUT2D eigenvalue weighted by atomic mass is 16.2. The van der Waals surface area contributed by atoms with Crippen molar-refractivity contribution in [2.24, 2.45) is 11.3 Å². The number of amides is 1. The summed E-state index contributed by atoms with van der Waals surface area (Å²) in [5.74, 6) is 0.838. The van der Waals surface area contributed by atoms with Gasteiger partial charge in [0.25, 0.3) is 5.91 Å². The third kappa shape index (κ3) is 1.30. The molecule has 1 aromatic carbocycles. The Labute approximate surface area is 104 Å². The molecule has 1 aromatic heterocycles. The van der Waals surface area contributed by atoms with Crippen molar-refractivity contribution in [3.8, 4) is 0 Å². The average molecular weight is 242 g/mol. The first-order chi connectivity index (χ1) is 8.66. The Morgan fingerprint density at radius 1 is 1.44 bits per heavy atom. The minimum Gasteiger partial charge on any atom is -0.338 e. The van der Waals surface area contributed by atoms with Crippen molar-refractivity contribution in [2.75, 3.05) is 13.1 Å². The van der Waals surface area contributed by atoms with Crippen LogP contribution in [0, 0.1) is 11.3 Å². The Morgan fingerprint density at radius 3 is 3.06 bits per heavy atom. The number of H-pyrrole nitrogens is 1. The number of piperidine rings is 1. The number of fused-ring (bicyclic) bond motifs is 2. The van der Waals surface area contributed by atoms with Gasteiger partial charge in [0.05, 0.1) is 0 Å². The first-order valence-electron chi connectivity index (χ1n) is 6.25. The summed E-state index contributed by atoms with van der Waals surface area (Å²) in [6.45, 7) is 4.07. The van der Waals surface area contributed by atoms with Crippen molar-refractivity contribution >= 4 is 16.9 Å². The van der Waals surface area contributed by atoms with Crippen molar-refractivity contribution in [3.63, 3.8) is 0 Å². The summed E-state index contributed by atoms with van der Waals surface area (Å²) in [6.07, 6.45) is 1.28. The van der Waals surface area contributed by atoms with Gasteiger partial charge in [0.1, 0.15) is 11.0 Å². The predicted molar refractivity (Wildman–Crippen MR) is 66.0 cm³/mol. The van der Waals surface area contributed by atoms with Crippen molar-refractivity contribution in [1.82, 2.24) is 20.3 Å². The highest BCUT2D eigenvalue weighted by Crippen LogP contribution is 2.57. The van der Waals surface area contributed by atoms with Crippen molar-refractivity contribution in [3.05, 3.63) is 23.8 Å². The summed E-state index contributed by atoms with van der Waals surface area (Å²) >= 11 is 0. The van der Waals surface area contributed by atoms with E-state index in [4.69, 9.17) is 0 Å². The Hall–Kier alpha value is -1.91. The number of benzene rings is 1. The van der Waals surface area contributed by atoms with E-state index < -0.39 is 0 Å². The first-order valence-corrected chi connectivity index (χ1v) is 6.25. The Kier molecular flexibility index (Phi) is 1.73. The topological polar surface area (TPSA) is 61.9 Å². The van der Waals surface area contributed by atoms with Gasteiger partial charge in [0, 0.05) is 18.7 Å². The van der Waals surface area contributed by atoms with Crippen LogP contribution in [0.5, 0.6) is 0 Å². The molecule has 2 aliphatic rings. The molecule has 2 atom stereocenters. The maximum atomic E-state index is 12.4. The quantitative estimate of drug-likeness (QED) is 0.823. The number of rotatable bonds is 1. The average Bonchev–Trinajstić information content (AvgIpc) is 2.77. The van der Waals surface area contributed by atoms with Gasteiger partial charge in [-0.15, -0.1) is 0 Å². The van der Waals surface area contributed by atoms with E-state index in [1.165, 1.54) is 6.42 Å². The third-order valence-corrected chi connectivity index (χ3v) is 4.38. The molecule has 1 aliphatic carbocycles. The molecular formula is C13H14N4O. The van der Waals surface area contributed by atoms with Gasteiger partial charge in [-0.25, -0.2) is 0 Å². The van der Waals surface area contributed by atoms with Crippen LogP contribution >= 0.6 is 0 Å². The lowest BCUT2D eigenvalue weighted by molar-refractivity contribution is 0.0767. The molecule has 1 saturated heterocycles. The molecule has 1 aliphatic heterocycles.